The summed E-state index contributed by atoms with van der Waals surface area (Å²) >= 11 is 6.38. The first-order chi connectivity index (χ1) is 21.5. The number of aromatic nitrogens is 3. The quantitative estimate of drug-likeness (QED) is 0.251. The van der Waals surface area contributed by atoms with Gasteiger partial charge in [0.25, 0.3) is 5.91 Å². The fraction of sp³-hybridized carbons (Fsp3) is 0.147. The van der Waals surface area contributed by atoms with E-state index >= 15 is 0 Å². The Balaban J connectivity index is 1.08. The third-order valence-electron chi connectivity index (χ3n) is 7.82. The molecule has 2 aliphatic heterocycles. The molecule has 218 valence electrons. The molecule has 44 heavy (non-hydrogen) atoms. The van der Waals surface area contributed by atoms with E-state index in [2.05, 4.69) is 20.2 Å². The maximum atomic E-state index is 14.8. The minimum atomic E-state index is -0.356. The number of carbonyl (C=O) groups excluding carboxylic acids is 1. The summed E-state index contributed by atoms with van der Waals surface area (Å²) < 4.78 is 14.8. The Morgan fingerprint density at radius 1 is 0.841 bits per heavy atom. The van der Waals surface area contributed by atoms with Crippen LogP contribution in [0.2, 0.25) is 5.02 Å². The molecule has 0 saturated carbocycles. The summed E-state index contributed by atoms with van der Waals surface area (Å²) in [6.45, 7) is 3.03. The van der Waals surface area contributed by atoms with Crippen LogP contribution in [0.3, 0.4) is 0 Å². The molecule has 1 amide bonds. The van der Waals surface area contributed by atoms with Gasteiger partial charge in [-0.3, -0.25) is 9.79 Å². The van der Waals surface area contributed by atoms with Gasteiger partial charge in [0.05, 0.1) is 18.0 Å². The van der Waals surface area contributed by atoms with Crippen molar-refractivity contribution in [1.82, 2.24) is 19.9 Å². The smallest absolute Gasteiger partial charge is 0.253 e. The van der Waals surface area contributed by atoms with Crippen molar-refractivity contribution in [3.05, 3.63) is 130 Å². The molecule has 2 aromatic heterocycles. The van der Waals surface area contributed by atoms with Crippen LogP contribution in [0.25, 0.3) is 11.3 Å². The highest BCUT2D eigenvalue weighted by Crippen LogP contribution is 2.34. The van der Waals surface area contributed by atoms with Gasteiger partial charge in [-0.05, 0) is 60.7 Å². The molecule has 8 nitrogen and oxygen atoms in total. The summed E-state index contributed by atoms with van der Waals surface area (Å²) in [7, 11) is 0. The van der Waals surface area contributed by atoms with Gasteiger partial charge in [-0.1, -0.05) is 35.9 Å². The third-order valence-corrected chi connectivity index (χ3v) is 8.06. The molecule has 0 radical (unpaired) electrons. The van der Waals surface area contributed by atoms with E-state index in [1.807, 2.05) is 53.4 Å². The lowest BCUT2D eigenvalue weighted by Crippen LogP contribution is -2.49. The van der Waals surface area contributed by atoms with Gasteiger partial charge in [0.1, 0.15) is 11.6 Å². The van der Waals surface area contributed by atoms with Crippen LogP contribution in [0.4, 0.5) is 21.8 Å². The van der Waals surface area contributed by atoms with E-state index < -0.39 is 0 Å². The summed E-state index contributed by atoms with van der Waals surface area (Å²) in [5.74, 6) is 0.966. The number of amides is 1. The van der Waals surface area contributed by atoms with Gasteiger partial charge in [0.15, 0.2) is 0 Å². The van der Waals surface area contributed by atoms with Crippen molar-refractivity contribution < 1.29 is 9.18 Å². The Bertz CT molecular complexity index is 1870. The van der Waals surface area contributed by atoms with Crippen molar-refractivity contribution in [2.24, 2.45) is 4.99 Å². The molecule has 3 aromatic carbocycles. The van der Waals surface area contributed by atoms with Crippen LogP contribution in [0.15, 0.2) is 102 Å². The summed E-state index contributed by atoms with van der Waals surface area (Å²) in [6, 6.07) is 25.2. The van der Waals surface area contributed by atoms with Crippen molar-refractivity contribution >= 4 is 40.7 Å². The van der Waals surface area contributed by atoms with Crippen LogP contribution >= 0.6 is 11.6 Å². The topological polar surface area (TPSA) is 86.6 Å². The molecule has 4 heterocycles. The average molecular weight is 604 g/mol. The number of hydrogen-bond acceptors (Lipinski definition) is 7. The lowest BCUT2D eigenvalue weighted by Gasteiger charge is -2.35. The summed E-state index contributed by atoms with van der Waals surface area (Å²) in [5.41, 5.74) is 5.29. The Morgan fingerprint density at radius 2 is 1.64 bits per heavy atom. The minimum Gasteiger partial charge on any atom is -0.353 e. The highest BCUT2D eigenvalue weighted by molar-refractivity contribution is 6.31. The number of nitrogens with one attached hydrogen (secondary N) is 1. The maximum Gasteiger partial charge on any atom is 0.253 e. The van der Waals surface area contributed by atoms with Crippen LogP contribution in [0.1, 0.15) is 27.0 Å². The molecule has 0 spiro atoms. The van der Waals surface area contributed by atoms with Gasteiger partial charge in [0.2, 0.25) is 5.95 Å². The van der Waals surface area contributed by atoms with E-state index in [1.54, 1.807) is 42.7 Å². The second-order valence-electron chi connectivity index (χ2n) is 10.6. The number of nitrogens with zero attached hydrogens (tertiary/aromatic N) is 6. The SMILES string of the molecule is O=C(c1ccc(Nc2ncc3c(n2)-c2ccc(Cl)cc2C(c2ccccc2F)=NC3)cc1)N1CCN(c2ccccn2)CC1. The number of anilines is 3. The number of benzene rings is 3. The lowest BCUT2D eigenvalue weighted by molar-refractivity contribution is 0.0746. The molecular weight excluding hydrogens is 577 g/mol. The first kappa shape index (κ1) is 27.7. The van der Waals surface area contributed by atoms with Crippen LogP contribution in [0.5, 0.6) is 0 Å². The standard InChI is InChI=1S/C34H27ClFN7O/c35-24-10-13-26-28(19-24)32(27-5-1-2-6-29(27)36)38-20-23-21-39-34(41-31(23)26)40-25-11-8-22(9-12-25)33(44)43-17-15-42(16-18-43)30-7-3-4-14-37-30/h1-14,19,21H,15-18,20H2,(H,39,40,41). The predicted molar refractivity (Wildman–Crippen MR) is 170 cm³/mol. The van der Waals surface area contributed by atoms with Crippen molar-refractivity contribution in [1.29, 1.82) is 0 Å². The molecule has 0 atom stereocenters. The zero-order valence-electron chi connectivity index (χ0n) is 23.6. The summed E-state index contributed by atoms with van der Waals surface area (Å²) in [4.78, 5) is 35.8. The third kappa shape index (κ3) is 5.49. The van der Waals surface area contributed by atoms with Crippen LogP contribution < -0.4 is 10.2 Å². The molecule has 0 bridgehead atoms. The zero-order valence-corrected chi connectivity index (χ0v) is 24.4. The number of fused-ring (bicyclic) bond motifs is 3. The fourth-order valence-corrected chi connectivity index (χ4v) is 5.73. The van der Waals surface area contributed by atoms with Crippen molar-refractivity contribution in [2.75, 3.05) is 36.4 Å². The molecule has 0 aliphatic carbocycles. The van der Waals surface area contributed by atoms with Crippen molar-refractivity contribution in [2.45, 2.75) is 6.54 Å². The predicted octanol–water partition coefficient (Wildman–Crippen LogP) is 6.39. The average Bonchev–Trinajstić information content (AvgIpc) is 3.22. The van der Waals surface area contributed by atoms with Gasteiger partial charge in [0, 0.05) is 77.1 Å². The number of carbonyl (C=O) groups is 1. The second kappa shape index (κ2) is 11.9. The van der Waals surface area contributed by atoms with E-state index in [4.69, 9.17) is 21.6 Å². The Labute approximate surface area is 258 Å². The van der Waals surface area contributed by atoms with E-state index in [9.17, 15) is 9.18 Å². The number of aliphatic imine (C=N–C) groups is 1. The number of hydrogen-bond donors (Lipinski definition) is 1. The molecule has 10 heteroatoms. The normalized spacial score (nSPS) is 14.3. The monoisotopic (exact) mass is 603 g/mol. The molecule has 5 aromatic rings. The fourth-order valence-electron chi connectivity index (χ4n) is 5.55. The van der Waals surface area contributed by atoms with E-state index in [1.165, 1.54) is 6.07 Å². The molecule has 0 unspecified atom stereocenters. The van der Waals surface area contributed by atoms with E-state index in [-0.39, 0.29) is 11.7 Å². The lowest BCUT2D eigenvalue weighted by atomic mass is 9.95. The maximum absolute atomic E-state index is 14.8. The molecule has 1 N–H and O–H groups in total. The van der Waals surface area contributed by atoms with Gasteiger partial charge >= 0.3 is 0 Å². The van der Waals surface area contributed by atoms with Crippen LogP contribution in [-0.4, -0.2) is 57.6 Å². The van der Waals surface area contributed by atoms with Gasteiger partial charge in [-0.2, -0.15) is 0 Å². The number of pyridine rings is 1. The van der Waals surface area contributed by atoms with E-state index in [0.717, 1.165) is 35.7 Å². The number of rotatable bonds is 5. The Morgan fingerprint density at radius 3 is 2.41 bits per heavy atom. The molecule has 2 aliphatic rings. The van der Waals surface area contributed by atoms with Gasteiger partial charge in [-0.15, -0.1) is 0 Å². The molecule has 1 saturated heterocycles. The molecule has 1 fully saturated rings. The first-order valence-corrected chi connectivity index (χ1v) is 14.7. The second-order valence-corrected chi connectivity index (χ2v) is 11.0. The van der Waals surface area contributed by atoms with Crippen molar-refractivity contribution in [3.63, 3.8) is 0 Å². The van der Waals surface area contributed by atoms with Gasteiger partial charge in [-0.25, -0.2) is 19.3 Å². The Hall–Kier alpha value is -5.15. The van der Waals surface area contributed by atoms with Crippen LogP contribution in [-0.2, 0) is 6.54 Å². The largest absolute Gasteiger partial charge is 0.353 e. The highest BCUT2D eigenvalue weighted by Gasteiger charge is 2.24. The van der Waals surface area contributed by atoms with Gasteiger partial charge < -0.3 is 15.1 Å². The van der Waals surface area contributed by atoms with E-state index in [0.29, 0.717) is 58.7 Å². The summed E-state index contributed by atoms with van der Waals surface area (Å²) in [6.07, 6.45) is 3.52. The minimum absolute atomic E-state index is 0.000531. The molecular formula is C34H27ClFN7O. The van der Waals surface area contributed by atoms with Crippen LogP contribution in [0, 0.1) is 5.82 Å². The summed E-state index contributed by atoms with van der Waals surface area (Å²) in [5, 5.41) is 3.78. The number of piperazine rings is 1. The zero-order chi connectivity index (χ0) is 30.0. The Kier molecular flexibility index (Phi) is 7.45. The number of halogens is 2. The van der Waals surface area contributed by atoms with Crippen molar-refractivity contribution in [3.8, 4) is 11.3 Å². The highest BCUT2D eigenvalue weighted by atomic mass is 35.5. The first-order valence-electron chi connectivity index (χ1n) is 14.3. The molecule has 7 rings (SSSR count).